The summed E-state index contributed by atoms with van der Waals surface area (Å²) < 4.78 is 80.4. The van der Waals surface area contributed by atoms with Crippen LogP contribution in [0.2, 0.25) is 0 Å². The molecule has 0 aromatic heterocycles. The van der Waals surface area contributed by atoms with Crippen molar-refractivity contribution in [1.29, 1.82) is 0 Å². The first-order chi connectivity index (χ1) is 12.0. The monoisotopic (exact) mass is 382 g/mol. The Morgan fingerprint density at radius 2 is 1.77 bits per heavy atom. The van der Waals surface area contributed by atoms with Crippen molar-refractivity contribution >= 4 is 5.97 Å². The maximum absolute atomic E-state index is 15.2. The molecule has 5 aliphatic rings. The van der Waals surface area contributed by atoms with Gasteiger partial charge in [-0.1, -0.05) is 0 Å². The second kappa shape index (κ2) is 4.54. The van der Waals surface area contributed by atoms with Gasteiger partial charge in [-0.15, -0.1) is 0 Å². The van der Waals surface area contributed by atoms with Crippen LogP contribution >= 0.6 is 0 Å². The molecule has 5 fully saturated rings. The van der Waals surface area contributed by atoms with Crippen LogP contribution < -0.4 is 0 Å². The zero-order valence-electron chi connectivity index (χ0n) is 13.9. The lowest BCUT2D eigenvalue weighted by atomic mass is 9.63. The standard InChI is InChI=1S/C17H19F5O4/c1-6(23)25-14-10-5-9(11-7-2-3-8(4-7)12(10)11)13(14)26-16(24,15(14,18)19)17(20,21)22/h7-13,24H,2-5H2,1H3. The molecular formula is C17H19F5O4. The van der Waals surface area contributed by atoms with Crippen molar-refractivity contribution in [1.82, 2.24) is 0 Å². The molecule has 4 bridgehead atoms. The van der Waals surface area contributed by atoms with Gasteiger partial charge in [0.15, 0.2) is 0 Å². The Morgan fingerprint density at radius 1 is 1.15 bits per heavy atom. The van der Waals surface area contributed by atoms with E-state index in [-0.39, 0.29) is 24.2 Å². The summed E-state index contributed by atoms with van der Waals surface area (Å²) in [6.45, 7) is 0.900. The highest BCUT2D eigenvalue weighted by atomic mass is 19.4. The van der Waals surface area contributed by atoms with Crippen LogP contribution in [0.5, 0.6) is 0 Å². The highest BCUT2D eigenvalue weighted by Gasteiger charge is 2.93. The molecule has 0 amide bonds. The fourth-order valence-corrected chi connectivity index (χ4v) is 7.32. The number of aliphatic hydroxyl groups is 1. The molecule has 26 heavy (non-hydrogen) atoms. The van der Waals surface area contributed by atoms with Crippen LogP contribution in [0.4, 0.5) is 22.0 Å². The molecule has 0 radical (unpaired) electrons. The van der Waals surface area contributed by atoms with Gasteiger partial charge >= 0.3 is 23.9 Å². The first-order valence-electron chi connectivity index (χ1n) is 9.00. The second-order valence-corrected chi connectivity index (χ2v) is 8.64. The highest BCUT2D eigenvalue weighted by Crippen LogP contribution is 2.76. The smallest absolute Gasteiger partial charge is 0.449 e. The molecule has 0 aromatic carbocycles. The molecule has 0 aromatic rings. The van der Waals surface area contributed by atoms with Crippen LogP contribution in [0.25, 0.3) is 0 Å². The van der Waals surface area contributed by atoms with E-state index in [1.165, 1.54) is 0 Å². The average Bonchev–Trinajstić information content (AvgIpc) is 3.24. The van der Waals surface area contributed by atoms with Crippen molar-refractivity contribution < 1.29 is 41.3 Å². The Hall–Kier alpha value is -0.960. The summed E-state index contributed by atoms with van der Waals surface area (Å²) in [5.74, 6) is -11.7. The molecule has 1 aliphatic heterocycles. The number of carbonyl (C=O) groups excluding carboxylic acids is 1. The highest BCUT2D eigenvalue weighted by molar-refractivity contribution is 5.67. The minimum atomic E-state index is -5.71. The topological polar surface area (TPSA) is 55.8 Å². The molecule has 4 aliphatic carbocycles. The lowest BCUT2D eigenvalue weighted by molar-refractivity contribution is -0.415. The van der Waals surface area contributed by atoms with Crippen LogP contribution in [0.15, 0.2) is 0 Å². The van der Waals surface area contributed by atoms with Gasteiger partial charge in [0.25, 0.3) is 0 Å². The zero-order valence-corrected chi connectivity index (χ0v) is 13.9. The largest absolute Gasteiger partial charge is 0.449 e. The van der Waals surface area contributed by atoms with Gasteiger partial charge in [-0.05, 0) is 55.3 Å². The molecule has 4 saturated carbocycles. The van der Waals surface area contributed by atoms with Crippen molar-refractivity contribution in [3.8, 4) is 0 Å². The van der Waals surface area contributed by atoms with Crippen LogP contribution in [0, 0.1) is 35.5 Å². The summed E-state index contributed by atoms with van der Waals surface area (Å²) in [6, 6.07) is 0. The Labute approximate surface area is 146 Å². The summed E-state index contributed by atoms with van der Waals surface area (Å²) in [5.41, 5.74) is -2.75. The molecule has 9 heteroatoms. The van der Waals surface area contributed by atoms with Crippen LogP contribution in [0.3, 0.4) is 0 Å². The van der Waals surface area contributed by atoms with Gasteiger partial charge in [0, 0.05) is 12.8 Å². The number of alkyl halides is 5. The van der Waals surface area contributed by atoms with E-state index in [0.29, 0.717) is 5.92 Å². The van der Waals surface area contributed by atoms with E-state index in [0.717, 1.165) is 26.2 Å². The summed E-state index contributed by atoms with van der Waals surface area (Å²) in [7, 11) is 0. The summed E-state index contributed by atoms with van der Waals surface area (Å²) in [4.78, 5) is 11.6. The Bertz CT molecular complexity index is 681. The maximum atomic E-state index is 15.2. The first kappa shape index (κ1) is 17.2. The molecule has 1 saturated heterocycles. The molecule has 9 unspecified atom stereocenters. The van der Waals surface area contributed by atoms with Gasteiger partial charge in [-0.3, -0.25) is 4.79 Å². The number of halogens is 5. The lowest BCUT2D eigenvalue weighted by Gasteiger charge is -2.47. The molecule has 1 heterocycles. The van der Waals surface area contributed by atoms with Crippen molar-refractivity contribution in [3.63, 3.8) is 0 Å². The first-order valence-corrected chi connectivity index (χ1v) is 9.00. The van der Waals surface area contributed by atoms with Gasteiger partial charge in [0.05, 0.1) is 0 Å². The molecule has 5 rings (SSSR count). The Morgan fingerprint density at radius 3 is 2.35 bits per heavy atom. The quantitative estimate of drug-likeness (QED) is 0.431. The number of esters is 1. The Balaban J connectivity index is 1.67. The SMILES string of the molecule is CC(=O)OC12C3CC(C4C5CCC(C5)C43)C1OC(O)(C(F)(F)F)C2(F)F. The second-order valence-electron chi connectivity index (χ2n) is 8.64. The zero-order chi connectivity index (χ0) is 18.9. The predicted molar refractivity (Wildman–Crippen MR) is 74.7 cm³/mol. The number of hydrogen-bond donors (Lipinski definition) is 1. The number of fused-ring (bicyclic) bond motifs is 12. The van der Waals surface area contributed by atoms with Gasteiger partial charge in [0.2, 0.25) is 5.60 Å². The number of carbonyl (C=O) groups is 1. The molecular weight excluding hydrogens is 363 g/mol. The van der Waals surface area contributed by atoms with E-state index >= 15 is 8.78 Å². The predicted octanol–water partition coefficient (Wildman–Crippen LogP) is 2.89. The van der Waals surface area contributed by atoms with Crippen molar-refractivity contribution in [2.45, 2.75) is 62.2 Å². The minimum Gasteiger partial charge on any atom is -0.449 e. The third-order valence-corrected chi connectivity index (χ3v) is 7.81. The third kappa shape index (κ3) is 1.55. The summed E-state index contributed by atoms with van der Waals surface area (Å²) >= 11 is 0. The lowest BCUT2D eigenvalue weighted by Crippen LogP contribution is -2.68. The van der Waals surface area contributed by atoms with E-state index in [1.807, 2.05) is 0 Å². The van der Waals surface area contributed by atoms with Crippen LogP contribution in [-0.2, 0) is 14.3 Å². The average molecular weight is 382 g/mol. The number of rotatable bonds is 1. The maximum Gasteiger partial charge on any atom is 0.449 e. The molecule has 4 nitrogen and oxygen atoms in total. The van der Waals surface area contributed by atoms with E-state index in [4.69, 9.17) is 9.47 Å². The van der Waals surface area contributed by atoms with Gasteiger partial charge in [0.1, 0.15) is 6.10 Å². The van der Waals surface area contributed by atoms with E-state index in [1.54, 1.807) is 0 Å². The Kier molecular flexibility index (Phi) is 2.99. The van der Waals surface area contributed by atoms with Crippen molar-refractivity contribution in [3.05, 3.63) is 0 Å². The number of hydrogen-bond acceptors (Lipinski definition) is 4. The molecule has 9 atom stereocenters. The summed E-state index contributed by atoms with van der Waals surface area (Å²) in [5, 5.41) is 9.92. The van der Waals surface area contributed by atoms with E-state index in [9.17, 15) is 23.1 Å². The van der Waals surface area contributed by atoms with Crippen molar-refractivity contribution in [2.75, 3.05) is 0 Å². The van der Waals surface area contributed by atoms with E-state index in [2.05, 4.69) is 0 Å². The fraction of sp³-hybridized carbons (Fsp3) is 0.941. The van der Waals surface area contributed by atoms with E-state index < -0.39 is 47.4 Å². The minimum absolute atomic E-state index is 0.0128. The van der Waals surface area contributed by atoms with Gasteiger partial charge < -0.3 is 14.6 Å². The molecule has 1 N–H and O–H groups in total. The van der Waals surface area contributed by atoms with Crippen molar-refractivity contribution in [2.24, 2.45) is 35.5 Å². The van der Waals surface area contributed by atoms with Crippen LogP contribution in [0.1, 0.15) is 32.6 Å². The molecule has 146 valence electrons. The van der Waals surface area contributed by atoms with Gasteiger partial charge in [-0.2, -0.15) is 22.0 Å². The van der Waals surface area contributed by atoms with Crippen LogP contribution in [-0.4, -0.2) is 40.7 Å². The number of ether oxygens (including phenoxy) is 2. The summed E-state index contributed by atoms with van der Waals surface area (Å²) in [6.07, 6.45) is -4.39. The van der Waals surface area contributed by atoms with Gasteiger partial charge in [-0.25, -0.2) is 0 Å². The fourth-order valence-electron chi connectivity index (χ4n) is 7.32. The molecule has 0 spiro atoms. The third-order valence-electron chi connectivity index (χ3n) is 7.81. The normalized spacial score (nSPS) is 55.9.